The molecule has 91 valence electrons. The Bertz CT molecular complexity index is 360. The first-order valence-corrected chi connectivity index (χ1v) is 5.84. The summed E-state index contributed by atoms with van der Waals surface area (Å²) in [6.07, 6.45) is 2.94. The molecule has 1 N–H and O–H groups in total. The SMILES string of the molecule is CC(C)[C@@H]([C]=O)NC(=O)CCc1ccccc1. The van der Waals surface area contributed by atoms with Gasteiger partial charge in [0.25, 0.3) is 0 Å². The van der Waals surface area contributed by atoms with E-state index >= 15 is 0 Å². The van der Waals surface area contributed by atoms with Crippen molar-refractivity contribution < 1.29 is 9.59 Å². The quantitative estimate of drug-likeness (QED) is 0.814. The van der Waals surface area contributed by atoms with Crippen molar-refractivity contribution >= 4 is 12.2 Å². The molecule has 0 saturated carbocycles. The molecular formula is C14H18NO2. The van der Waals surface area contributed by atoms with Gasteiger partial charge in [0.2, 0.25) is 12.2 Å². The van der Waals surface area contributed by atoms with Crippen molar-refractivity contribution in [3.05, 3.63) is 35.9 Å². The average Bonchev–Trinajstić information content (AvgIpc) is 2.34. The summed E-state index contributed by atoms with van der Waals surface area (Å²) in [5, 5.41) is 2.67. The molecule has 1 amide bonds. The van der Waals surface area contributed by atoms with Gasteiger partial charge in [-0.1, -0.05) is 44.2 Å². The minimum Gasteiger partial charge on any atom is -0.346 e. The van der Waals surface area contributed by atoms with Crippen molar-refractivity contribution in [3.8, 4) is 0 Å². The van der Waals surface area contributed by atoms with Crippen molar-refractivity contribution in [2.45, 2.75) is 32.7 Å². The third kappa shape index (κ3) is 4.81. The summed E-state index contributed by atoms with van der Waals surface area (Å²) in [5.41, 5.74) is 1.12. The van der Waals surface area contributed by atoms with Crippen molar-refractivity contribution in [2.24, 2.45) is 5.92 Å². The topological polar surface area (TPSA) is 46.2 Å². The summed E-state index contributed by atoms with van der Waals surface area (Å²) in [5.74, 6) is -0.0240. The van der Waals surface area contributed by atoms with Gasteiger partial charge in [-0.25, -0.2) is 0 Å². The molecule has 0 aliphatic rings. The molecule has 0 spiro atoms. The highest BCUT2D eigenvalue weighted by molar-refractivity contribution is 5.80. The number of amides is 1. The lowest BCUT2D eigenvalue weighted by Crippen LogP contribution is -2.39. The van der Waals surface area contributed by atoms with Crippen molar-refractivity contribution in [2.75, 3.05) is 0 Å². The minimum absolute atomic E-state index is 0.0770. The maximum absolute atomic E-state index is 11.6. The first-order valence-electron chi connectivity index (χ1n) is 5.84. The number of nitrogens with one attached hydrogen (secondary N) is 1. The van der Waals surface area contributed by atoms with E-state index in [-0.39, 0.29) is 11.8 Å². The predicted octanol–water partition coefficient (Wildman–Crippen LogP) is 1.87. The van der Waals surface area contributed by atoms with E-state index < -0.39 is 6.04 Å². The Hall–Kier alpha value is -1.64. The van der Waals surface area contributed by atoms with Gasteiger partial charge in [-0.05, 0) is 17.9 Å². The summed E-state index contributed by atoms with van der Waals surface area (Å²) < 4.78 is 0. The maximum Gasteiger partial charge on any atom is 0.223 e. The summed E-state index contributed by atoms with van der Waals surface area (Å²) in [6.45, 7) is 3.76. The highest BCUT2D eigenvalue weighted by Gasteiger charge is 2.15. The fourth-order valence-electron chi connectivity index (χ4n) is 1.48. The van der Waals surface area contributed by atoms with E-state index in [1.807, 2.05) is 50.5 Å². The van der Waals surface area contributed by atoms with Crippen LogP contribution in [-0.2, 0) is 16.0 Å². The van der Waals surface area contributed by atoms with Crippen LogP contribution in [0.3, 0.4) is 0 Å². The number of carbonyl (C=O) groups excluding carboxylic acids is 2. The van der Waals surface area contributed by atoms with Gasteiger partial charge >= 0.3 is 0 Å². The standard InChI is InChI=1S/C14H18NO2/c1-11(2)13(10-16)15-14(17)9-8-12-6-4-3-5-7-12/h3-7,11,13H,8-9H2,1-2H3,(H,15,17)/t13-/m1/s1. The maximum atomic E-state index is 11.6. The van der Waals surface area contributed by atoms with E-state index in [4.69, 9.17) is 0 Å². The molecule has 1 radical (unpaired) electrons. The summed E-state index contributed by atoms with van der Waals surface area (Å²) in [7, 11) is 0. The zero-order valence-corrected chi connectivity index (χ0v) is 10.3. The van der Waals surface area contributed by atoms with E-state index in [0.29, 0.717) is 12.8 Å². The van der Waals surface area contributed by atoms with Crippen molar-refractivity contribution in [1.29, 1.82) is 0 Å². The molecule has 1 atom stereocenters. The highest BCUT2D eigenvalue weighted by atomic mass is 16.2. The van der Waals surface area contributed by atoms with Gasteiger partial charge in [-0.2, -0.15) is 0 Å². The van der Waals surface area contributed by atoms with Crippen molar-refractivity contribution in [1.82, 2.24) is 5.32 Å². The Morgan fingerprint density at radius 1 is 1.29 bits per heavy atom. The third-order valence-electron chi connectivity index (χ3n) is 2.59. The monoisotopic (exact) mass is 232 g/mol. The van der Waals surface area contributed by atoms with Crippen LogP contribution >= 0.6 is 0 Å². The second kappa shape index (κ2) is 6.84. The fourth-order valence-corrected chi connectivity index (χ4v) is 1.48. The smallest absolute Gasteiger partial charge is 0.223 e. The Balaban J connectivity index is 2.37. The molecule has 1 aromatic carbocycles. The first kappa shape index (κ1) is 13.4. The highest BCUT2D eigenvalue weighted by Crippen LogP contribution is 2.03. The minimum atomic E-state index is -0.502. The molecule has 1 rings (SSSR count). The molecule has 0 aliphatic heterocycles. The number of hydrogen-bond acceptors (Lipinski definition) is 2. The summed E-state index contributed by atoms with van der Waals surface area (Å²) in [6, 6.07) is 9.31. The molecule has 0 aromatic heterocycles. The second-order valence-electron chi connectivity index (χ2n) is 4.39. The lowest BCUT2D eigenvalue weighted by atomic mass is 10.1. The van der Waals surface area contributed by atoms with Crippen molar-refractivity contribution in [3.63, 3.8) is 0 Å². The average molecular weight is 232 g/mol. The molecule has 0 unspecified atom stereocenters. The number of carbonyl (C=O) groups is 1. The van der Waals surface area contributed by atoms with Crippen LogP contribution in [0.25, 0.3) is 0 Å². The van der Waals surface area contributed by atoms with Crippen LogP contribution in [0.15, 0.2) is 30.3 Å². The molecule has 0 heterocycles. The second-order valence-corrected chi connectivity index (χ2v) is 4.39. The van der Waals surface area contributed by atoms with E-state index in [1.165, 1.54) is 0 Å². The van der Waals surface area contributed by atoms with Crippen LogP contribution in [0.2, 0.25) is 0 Å². The van der Waals surface area contributed by atoms with Crippen LogP contribution in [0, 0.1) is 5.92 Å². The summed E-state index contributed by atoms with van der Waals surface area (Å²) >= 11 is 0. The summed E-state index contributed by atoms with van der Waals surface area (Å²) in [4.78, 5) is 22.2. The third-order valence-corrected chi connectivity index (χ3v) is 2.59. The van der Waals surface area contributed by atoms with Gasteiger partial charge in [0, 0.05) is 6.42 Å². The Morgan fingerprint density at radius 3 is 2.47 bits per heavy atom. The lowest BCUT2D eigenvalue weighted by molar-refractivity contribution is -0.121. The van der Waals surface area contributed by atoms with E-state index in [9.17, 15) is 9.59 Å². The zero-order chi connectivity index (χ0) is 12.7. The molecule has 3 nitrogen and oxygen atoms in total. The van der Waals surface area contributed by atoms with Crippen LogP contribution in [0.5, 0.6) is 0 Å². The van der Waals surface area contributed by atoms with E-state index in [2.05, 4.69) is 5.32 Å². The van der Waals surface area contributed by atoms with E-state index in [0.717, 1.165) is 5.56 Å². The predicted molar refractivity (Wildman–Crippen MR) is 67.2 cm³/mol. The number of rotatable bonds is 6. The fraction of sp³-hybridized carbons (Fsp3) is 0.429. The van der Waals surface area contributed by atoms with Gasteiger partial charge in [-0.3, -0.25) is 9.59 Å². The van der Waals surface area contributed by atoms with Crippen LogP contribution < -0.4 is 5.32 Å². The first-order chi connectivity index (χ1) is 8.13. The van der Waals surface area contributed by atoms with Crippen LogP contribution in [0.4, 0.5) is 0 Å². The van der Waals surface area contributed by atoms with E-state index in [1.54, 1.807) is 0 Å². The van der Waals surface area contributed by atoms with Crippen LogP contribution in [-0.4, -0.2) is 18.2 Å². The Kier molecular flexibility index (Phi) is 5.40. The molecule has 0 fully saturated rings. The molecular weight excluding hydrogens is 214 g/mol. The molecule has 0 saturated heterocycles. The largest absolute Gasteiger partial charge is 0.346 e. The number of aryl methyl sites for hydroxylation is 1. The number of benzene rings is 1. The Labute approximate surface area is 102 Å². The van der Waals surface area contributed by atoms with Crippen LogP contribution in [0.1, 0.15) is 25.8 Å². The lowest BCUT2D eigenvalue weighted by Gasteiger charge is -2.15. The van der Waals surface area contributed by atoms with Gasteiger partial charge in [0.15, 0.2) is 0 Å². The van der Waals surface area contributed by atoms with Gasteiger partial charge in [-0.15, -0.1) is 0 Å². The van der Waals surface area contributed by atoms with Gasteiger partial charge < -0.3 is 5.32 Å². The number of hydrogen-bond donors (Lipinski definition) is 1. The van der Waals surface area contributed by atoms with Gasteiger partial charge in [0.1, 0.15) is 0 Å². The van der Waals surface area contributed by atoms with Gasteiger partial charge in [0.05, 0.1) is 6.04 Å². The Morgan fingerprint density at radius 2 is 1.94 bits per heavy atom. The molecule has 0 bridgehead atoms. The molecule has 0 aliphatic carbocycles. The zero-order valence-electron chi connectivity index (χ0n) is 10.3. The molecule has 17 heavy (non-hydrogen) atoms. The normalized spacial score (nSPS) is 12.2. The molecule has 3 heteroatoms. The molecule has 1 aromatic rings.